The maximum Gasteiger partial charge on any atom is 1.00 e. The number of amides is 2. The number of carbonyl (C=O) groups is 2. The zero-order valence-corrected chi connectivity index (χ0v) is 43.7. The van der Waals surface area contributed by atoms with Crippen LogP contribution >= 0.6 is 15.9 Å². The molecule has 6 aromatic rings. The zero-order valence-electron chi connectivity index (χ0n) is 41.1. The van der Waals surface area contributed by atoms with Gasteiger partial charge >= 0.3 is 29.6 Å². The molecule has 6 heterocycles. The van der Waals surface area contributed by atoms with Gasteiger partial charge in [-0.05, 0) is 99.9 Å². The molecule has 358 valence electrons. The second-order valence-electron chi connectivity index (χ2n) is 17.5. The number of piperidine rings is 2. The van der Waals surface area contributed by atoms with Gasteiger partial charge in [0, 0.05) is 79.8 Å². The first-order chi connectivity index (χ1) is 32.8. The van der Waals surface area contributed by atoms with Crippen LogP contribution in [0.1, 0.15) is 97.0 Å². The Hall–Kier alpha value is -4.64. The normalized spacial score (nSPS) is 18.5. The Morgan fingerprint density at radius 1 is 0.647 bits per heavy atom. The Bertz CT molecular complexity index is 2510. The van der Waals surface area contributed by atoms with Crippen LogP contribution in [0.4, 0.5) is 0 Å². The third kappa shape index (κ3) is 12.6. The van der Waals surface area contributed by atoms with Crippen LogP contribution in [-0.4, -0.2) is 127 Å². The number of hydrogen-bond acceptors (Lipinski definition) is 10. The molecular formula is C52H64BrN6NaO8. The average molecular weight is 1000 g/mol. The van der Waals surface area contributed by atoms with Crippen LogP contribution in [-0.2, 0) is 16.0 Å². The molecule has 0 spiro atoms. The van der Waals surface area contributed by atoms with Crippen molar-refractivity contribution in [1.29, 1.82) is 0 Å². The molecular weight excluding hydrogens is 939 g/mol. The molecule has 4 aliphatic heterocycles. The molecule has 1 N–H and O–H groups in total. The Balaban J connectivity index is 0.000000196. The summed E-state index contributed by atoms with van der Waals surface area (Å²) in [6.45, 7) is 5.48. The fraction of sp³-hybridized carbons (Fsp3) is 0.462. The number of halogens is 1. The van der Waals surface area contributed by atoms with Gasteiger partial charge in [-0.1, -0.05) is 40.2 Å². The number of alkyl halides is 1. The molecule has 16 heteroatoms. The van der Waals surface area contributed by atoms with Crippen molar-refractivity contribution in [2.24, 2.45) is 0 Å². The van der Waals surface area contributed by atoms with Crippen LogP contribution in [0.5, 0.6) is 23.0 Å². The summed E-state index contributed by atoms with van der Waals surface area (Å²) in [5, 5.41) is 1.01. The first-order valence-corrected chi connectivity index (χ1v) is 24.6. The number of nitrogens with zero attached hydrogens (tertiary/aromatic N) is 5. The number of fused-ring (bicyclic) bond motifs is 2. The molecule has 2 amide bonds. The number of ether oxygens (including phenoxy) is 6. The largest absolute Gasteiger partial charge is 1.00 e. The maximum absolute atomic E-state index is 13.2. The molecule has 68 heavy (non-hydrogen) atoms. The summed E-state index contributed by atoms with van der Waals surface area (Å²) in [6, 6.07) is 27.0. The van der Waals surface area contributed by atoms with E-state index in [1.807, 2.05) is 40.1 Å². The minimum Gasteiger partial charge on any atom is -1.00 e. The third-order valence-corrected chi connectivity index (χ3v) is 13.9. The van der Waals surface area contributed by atoms with Gasteiger partial charge in [-0.15, -0.1) is 0 Å². The number of aromatic amines is 1. The number of likely N-dealkylation sites (tertiary alicyclic amines) is 2. The number of imidazole rings is 2. The van der Waals surface area contributed by atoms with E-state index in [-0.39, 0.29) is 48.9 Å². The van der Waals surface area contributed by atoms with Gasteiger partial charge in [-0.3, -0.25) is 9.59 Å². The number of methoxy groups -OCH3 is 4. The molecule has 4 fully saturated rings. The topological polar surface area (TPSA) is 142 Å². The SMILES string of the molecule is BrCC1CCCO1.COc1cc(OC)cc(C(=O)N2CCC(c3nc4ccccc4[nH]3)CC2)c1.COc1cc(OC)cc(C(=O)N2CCC(c3nc4ccccc4n3CC3CCCO3)CC2)c1.[H-].[Na+]. The Labute approximate surface area is 431 Å². The minimum atomic E-state index is 0. The van der Waals surface area contributed by atoms with Crippen LogP contribution in [0.2, 0.25) is 0 Å². The summed E-state index contributed by atoms with van der Waals surface area (Å²) in [5.74, 6) is 5.32. The van der Waals surface area contributed by atoms with Crippen molar-refractivity contribution in [3.63, 3.8) is 0 Å². The summed E-state index contributed by atoms with van der Waals surface area (Å²) >= 11 is 3.35. The molecule has 2 unspecified atom stereocenters. The number of H-pyrrole nitrogens is 1. The Morgan fingerprint density at radius 2 is 1.13 bits per heavy atom. The zero-order chi connectivity index (χ0) is 46.7. The van der Waals surface area contributed by atoms with Crippen LogP contribution < -0.4 is 48.5 Å². The summed E-state index contributed by atoms with van der Waals surface area (Å²) < 4.78 is 34.8. The molecule has 2 aromatic heterocycles. The van der Waals surface area contributed by atoms with Gasteiger partial charge in [-0.2, -0.15) is 0 Å². The van der Waals surface area contributed by atoms with Crippen molar-refractivity contribution < 1.29 is 69.0 Å². The van der Waals surface area contributed by atoms with Gasteiger partial charge in [-0.25, -0.2) is 9.97 Å². The van der Waals surface area contributed by atoms with Gasteiger partial charge < -0.3 is 49.2 Å². The van der Waals surface area contributed by atoms with Gasteiger partial charge in [0.05, 0.1) is 69.3 Å². The average Bonchev–Trinajstić information content (AvgIpc) is 4.25. The number of para-hydroxylation sites is 4. The molecule has 10 rings (SSSR count). The molecule has 0 saturated carbocycles. The van der Waals surface area contributed by atoms with Gasteiger partial charge in [0.25, 0.3) is 11.8 Å². The monoisotopic (exact) mass is 1000 g/mol. The van der Waals surface area contributed by atoms with E-state index in [2.05, 4.69) is 43.7 Å². The first-order valence-electron chi connectivity index (χ1n) is 23.5. The number of hydrogen-bond donors (Lipinski definition) is 1. The molecule has 4 aliphatic rings. The summed E-state index contributed by atoms with van der Waals surface area (Å²) in [7, 11) is 6.36. The van der Waals surface area contributed by atoms with E-state index in [1.54, 1.807) is 64.8 Å². The van der Waals surface area contributed by atoms with Crippen molar-refractivity contribution >= 4 is 49.8 Å². The first kappa shape index (κ1) is 51.2. The summed E-state index contributed by atoms with van der Waals surface area (Å²) in [6.07, 6.45) is 9.06. The third-order valence-electron chi connectivity index (χ3n) is 13.2. The van der Waals surface area contributed by atoms with Crippen molar-refractivity contribution in [3.8, 4) is 23.0 Å². The van der Waals surface area contributed by atoms with Crippen LogP contribution in [0.3, 0.4) is 0 Å². The van der Waals surface area contributed by atoms with E-state index < -0.39 is 0 Å². The van der Waals surface area contributed by atoms with Crippen LogP contribution in [0, 0.1) is 0 Å². The number of benzene rings is 4. The molecule has 0 aliphatic carbocycles. The molecule has 4 saturated heterocycles. The number of carbonyl (C=O) groups excluding carboxylic acids is 2. The van der Waals surface area contributed by atoms with Crippen molar-refractivity contribution in [2.45, 2.75) is 82.0 Å². The number of aromatic nitrogens is 4. The quantitative estimate of drug-likeness (QED) is 0.113. The molecule has 2 atom stereocenters. The van der Waals surface area contributed by atoms with E-state index in [0.717, 1.165) is 91.8 Å². The van der Waals surface area contributed by atoms with Crippen molar-refractivity contribution in [2.75, 3.05) is 73.2 Å². The second-order valence-corrected chi connectivity index (χ2v) is 18.1. The standard InChI is InChI=1S/C26H31N3O4.C21H23N3O3.C5H9BrO.Na.H/c1-31-21-14-19(15-22(16-21)32-2)26(30)28-11-9-18(10-12-28)25-27-23-7-3-4-8-24(23)29(25)17-20-6-5-13-33-20;1-26-16-11-15(12-17(13-16)27-2)21(25)24-9-7-14(8-10-24)20-22-18-5-3-4-6-19(18)23-20;6-4-5-2-1-3-7-5;;/h3-4,7-8,14-16,18,20H,5-6,9-13,17H2,1-2H3;3-6,11-14H,7-10H2,1-2H3,(H,22,23);5H,1-4H2;;/q;;;+1;-1. The Morgan fingerprint density at radius 3 is 1.60 bits per heavy atom. The molecule has 14 nitrogen and oxygen atoms in total. The van der Waals surface area contributed by atoms with E-state index in [1.165, 1.54) is 18.4 Å². The molecule has 0 radical (unpaired) electrons. The van der Waals surface area contributed by atoms with E-state index in [4.69, 9.17) is 38.4 Å². The number of nitrogens with one attached hydrogen (secondary N) is 1. The van der Waals surface area contributed by atoms with Gasteiger partial charge in [0.15, 0.2) is 0 Å². The summed E-state index contributed by atoms with van der Waals surface area (Å²) in [5.41, 5.74) is 5.45. The minimum absolute atomic E-state index is 0. The maximum atomic E-state index is 13.2. The fourth-order valence-corrected chi connectivity index (χ4v) is 9.96. The second kappa shape index (κ2) is 24.8. The van der Waals surface area contributed by atoms with Gasteiger partial charge in [0.1, 0.15) is 34.6 Å². The Kier molecular flexibility index (Phi) is 18.7. The molecule has 4 aromatic carbocycles. The van der Waals surface area contributed by atoms with E-state index >= 15 is 0 Å². The van der Waals surface area contributed by atoms with E-state index in [0.29, 0.717) is 78.2 Å². The van der Waals surface area contributed by atoms with Crippen molar-refractivity contribution in [1.82, 2.24) is 29.3 Å². The van der Waals surface area contributed by atoms with E-state index in [9.17, 15) is 9.59 Å². The number of rotatable bonds is 11. The smallest absolute Gasteiger partial charge is 1.00 e. The fourth-order valence-electron chi connectivity index (χ4n) is 9.45. The van der Waals surface area contributed by atoms with Gasteiger partial charge in [0.2, 0.25) is 0 Å². The van der Waals surface area contributed by atoms with Crippen LogP contribution in [0.15, 0.2) is 84.9 Å². The summed E-state index contributed by atoms with van der Waals surface area (Å²) in [4.78, 5) is 43.1. The van der Waals surface area contributed by atoms with Crippen LogP contribution in [0.25, 0.3) is 22.1 Å². The molecule has 0 bridgehead atoms. The predicted octanol–water partition coefficient (Wildman–Crippen LogP) is 6.53. The predicted molar refractivity (Wildman–Crippen MR) is 264 cm³/mol. The van der Waals surface area contributed by atoms with Crippen molar-refractivity contribution in [3.05, 3.63) is 108 Å².